The maximum atomic E-state index is 12.8. The molecular formula is C8H7F5N2. The Labute approximate surface area is 81.9 Å². The Morgan fingerprint density at radius 3 is 2.07 bits per heavy atom. The highest BCUT2D eigenvalue weighted by Gasteiger charge is 2.34. The SMILES string of the molecule is NCC(F)(F)c1ccc(C(F)(F)F)cn1. The molecule has 2 N–H and O–H groups in total. The Balaban J connectivity index is 3.01. The molecule has 0 aromatic carbocycles. The zero-order chi connectivity index (χ0) is 11.7. The van der Waals surface area contributed by atoms with Gasteiger partial charge in [-0.1, -0.05) is 0 Å². The van der Waals surface area contributed by atoms with Crippen molar-refractivity contribution in [2.45, 2.75) is 12.1 Å². The molecule has 15 heavy (non-hydrogen) atoms. The van der Waals surface area contributed by atoms with Gasteiger partial charge in [0.1, 0.15) is 5.69 Å². The van der Waals surface area contributed by atoms with E-state index in [1.807, 2.05) is 0 Å². The predicted octanol–water partition coefficient (Wildman–Crippen LogP) is 2.15. The molecule has 0 bridgehead atoms. The summed E-state index contributed by atoms with van der Waals surface area (Å²) in [5.74, 6) is -3.40. The molecule has 0 amide bonds. The highest BCUT2D eigenvalue weighted by molar-refractivity contribution is 5.19. The lowest BCUT2D eigenvalue weighted by molar-refractivity contribution is -0.138. The van der Waals surface area contributed by atoms with Crippen LogP contribution >= 0.6 is 0 Å². The Morgan fingerprint density at radius 1 is 1.13 bits per heavy atom. The summed E-state index contributed by atoms with van der Waals surface area (Å²) in [4.78, 5) is 3.04. The molecule has 0 fully saturated rings. The molecule has 7 heteroatoms. The number of alkyl halides is 5. The second-order valence-corrected chi connectivity index (χ2v) is 2.84. The van der Waals surface area contributed by atoms with Crippen LogP contribution < -0.4 is 5.73 Å². The third-order valence-electron chi connectivity index (χ3n) is 1.72. The molecule has 0 saturated heterocycles. The monoisotopic (exact) mass is 226 g/mol. The fourth-order valence-electron chi connectivity index (χ4n) is 0.882. The van der Waals surface area contributed by atoms with E-state index < -0.39 is 29.9 Å². The van der Waals surface area contributed by atoms with Gasteiger partial charge in [-0.2, -0.15) is 22.0 Å². The average Bonchev–Trinajstić information content (AvgIpc) is 2.17. The summed E-state index contributed by atoms with van der Waals surface area (Å²) in [5, 5.41) is 0. The molecule has 2 nitrogen and oxygen atoms in total. The van der Waals surface area contributed by atoms with Gasteiger partial charge in [-0.25, -0.2) is 0 Å². The Kier molecular flexibility index (Phi) is 2.94. The second-order valence-electron chi connectivity index (χ2n) is 2.84. The van der Waals surface area contributed by atoms with Crippen molar-refractivity contribution < 1.29 is 22.0 Å². The minimum atomic E-state index is -4.58. The maximum absolute atomic E-state index is 12.8. The lowest BCUT2D eigenvalue weighted by atomic mass is 10.2. The van der Waals surface area contributed by atoms with E-state index in [2.05, 4.69) is 4.98 Å². The molecule has 0 spiro atoms. The van der Waals surface area contributed by atoms with Crippen LogP contribution in [-0.2, 0) is 12.1 Å². The normalized spacial score (nSPS) is 12.9. The number of hydrogen-bond acceptors (Lipinski definition) is 2. The smallest absolute Gasteiger partial charge is 0.325 e. The number of halogens is 5. The summed E-state index contributed by atoms with van der Waals surface area (Å²) in [7, 11) is 0. The van der Waals surface area contributed by atoms with Crippen LogP contribution in [0.2, 0.25) is 0 Å². The van der Waals surface area contributed by atoms with Gasteiger partial charge in [0.15, 0.2) is 0 Å². The molecule has 1 aromatic heterocycles. The molecule has 0 radical (unpaired) electrons. The van der Waals surface area contributed by atoms with Crippen molar-refractivity contribution in [3.05, 3.63) is 29.6 Å². The first-order valence-electron chi connectivity index (χ1n) is 3.89. The standard InChI is InChI=1S/C8H7F5N2/c9-7(10,4-14)6-2-1-5(3-15-6)8(11,12)13/h1-3H,4,14H2. The summed E-state index contributed by atoms with van der Waals surface area (Å²) in [6, 6.07) is 1.17. The van der Waals surface area contributed by atoms with Gasteiger partial charge in [0, 0.05) is 6.20 Å². The molecule has 0 aliphatic heterocycles. The molecule has 1 rings (SSSR count). The van der Waals surface area contributed by atoms with Crippen LogP contribution in [-0.4, -0.2) is 11.5 Å². The van der Waals surface area contributed by atoms with Crippen LogP contribution in [0.15, 0.2) is 18.3 Å². The lowest BCUT2D eigenvalue weighted by Crippen LogP contribution is -2.26. The molecule has 0 saturated carbocycles. The van der Waals surface area contributed by atoms with Crippen molar-refractivity contribution in [2.75, 3.05) is 6.54 Å². The quantitative estimate of drug-likeness (QED) is 0.784. The highest BCUT2D eigenvalue weighted by atomic mass is 19.4. The number of aromatic nitrogens is 1. The summed E-state index contributed by atoms with van der Waals surface area (Å²) in [6.07, 6.45) is -4.22. The van der Waals surface area contributed by atoms with Crippen LogP contribution in [0, 0.1) is 0 Å². The van der Waals surface area contributed by atoms with E-state index in [4.69, 9.17) is 5.73 Å². The van der Waals surface area contributed by atoms with Crippen LogP contribution in [0.25, 0.3) is 0 Å². The Hall–Kier alpha value is -1.24. The molecule has 0 atom stereocenters. The van der Waals surface area contributed by atoms with E-state index in [1.165, 1.54) is 0 Å². The van der Waals surface area contributed by atoms with E-state index in [9.17, 15) is 22.0 Å². The average molecular weight is 226 g/mol. The van der Waals surface area contributed by atoms with Gasteiger partial charge < -0.3 is 5.73 Å². The van der Waals surface area contributed by atoms with Gasteiger partial charge in [0.25, 0.3) is 0 Å². The fourth-order valence-corrected chi connectivity index (χ4v) is 0.882. The van der Waals surface area contributed by atoms with E-state index in [0.29, 0.717) is 18.3 Å². The largest absolute Gasteiger partial charge is 0.417 e. The van der Waals surface area contributed by atoms with E-state index in [-0.39, 0.29) is 0 Å². The topological polar surface area (TPSA) is 38.9 Å². The zero-order valence-corrected chi connectivity index (χ0v) is 7.35. The second kappa shape index (κ2) is 3.73. The summed E-state index contributed by atoms with van der Waals surface area (Å²) in [6.45, 7) is -0.995. The van der Waals surface area contributed by atoms with Gasteiger partial charge in [0.2, 0.25) is 0 Å². The van der Waals surface area contributed by atoms with E-state index in [1.54, 1.807) is 0 Å². The van der Waals surface area contributed by atoms with Crippen molar-refractivity contribution >= 4 is 0 Å². The van der Waals surface area contributed by atoms with E-state index >= 15 is 0 Å². The van der Waals surface area contributed by atoms with Crippen LogP contribution in [0.4, 0.5) is 22.0 Å². The Morgan fingerprint density at radius 2 is 1.73 bits per heavy atom. The van der Waals surface area contributed by atoms with Gasteiger partial charge in [-0.15, -0.1) is 0 Å². The molecule has 0 aliphatic rings. The first kappa shape index (κ1) is 11.8. The third-order valence-corrected chi connectivity index (χ3v) is 1.72. The molecule has 0 aliphatic carbocycles. The zero-order valence-electron chi connectivity index (χ0n) is 7.35. The van der Waals surface area contributed by atoms with Gasteiger partial charge in [-0.3, -0.25) is 4.98 Å². The molecule has 1 heterocycles. The van der Waals surface area contributed by atoms with Gasteiger partial charge >= 0.3 is 12.1 Å². The number of pyridine rings is 1. The van der Waals surface area contributed by atoms with Crippen LogP contribution in [0.5, 0.6) is 0 Å². The fraction of sp³-hybridized carbons (Fsp3) is 0.375. The van der Waals surface area contributed by atoms with Crippen molar-refractivity contribution in [1.82, 2.24) is 4.98 Å². The van der Waals surface area contributed by atoms with Crippen LogP contribution in [0.1, 0.15) is 11.3 Å². The summed E-state index contributed by atoms with van der Waals surface area (Å²) >= 11 is 0. The molecular weight excluding hydrogens is 219 g/mol. The van der Waals surface area contributed by atoms with Crippen LogP contribution in [0.3, 0.4) is 0 Å². The maximum Gasteiger partial charge on any atom is 0.417 e. The van der Waals surface area contributed by atoms with E-state index in [0.717, 1.165) is 0 Å². The van der Waals surface area contributed by atoms with Crippen molar-refractivity contribution in [3.8, 4) is 0 Å². The number of nitrogens with two attached hydrogens (primary N) is 1. The van der Waals surface area contributed by atoms with Gasteiger partial charge in [0.05, 0.1) is 12.1 Å². The minimum absolute atomic E-state index is 0.360. The summed E-state index contributed by atoms with van der Waals surface area (Å²) in [5.41, 5.74) is 2.91. The first-order valence-corrected chi connectivity index (χ1v) is 3.89. The van der Waals surface area contributed by atoms with Crippen molar-refractivity contribution in [3.63, 3.8) is 0 Å². The first-order chi connectivity index (χ1) is 6.77. The number of rotatable bonds is 2. The third kappa shape index (κ3) is 2.62. The summed E-state index contributed by atoms with van der Waals surface area (Å²) < 4.78 is 61.8. The van der Waals surface area contributed by atoms with Crippen molar-refractivity contribution in [2.24, 2.45) is 5.73 Å². The lowest BCUT2D eigenvalue weighted by Gasteiger charge is -2.13. The number of nitrogens with zero attached hydrogens (tertiary/aromatic N) is 1. The molecule has 84 valence electrons. The predicted molar refractivity (Wildman–Crippen MR) is 42.2 cm³/mol. The molecule has 1 aromatic rings. The van der Waals surface area contributed by atoms with Gasteiger partial charge in [-0.05, 0) is 12.1 Å². The minimum Gasteiger partial charge on any atom is -0.325 e. The number of hydrogen-bond donors (Lipinski definition) is 1. The highest BCUT2D eigenvalue weighted by Crippen LogP contribution is 2.30. The Bertz CT molecular complexity index is 330. The van der Waals surface area contributed by atoms with Crippen molar-refractivity contribution in [1.29, 1.82) is 0 Å². The molecule has 0 unspecified atom stereocenters.